The summed E-state index contributed by atoms with van der Waals surface area (Å²) in [5.74, 6) is 0.732. The summed E-state index contributed by atoms with van der Waals surface area (Å²) in [6, 6.07) is 17.6. The maximum Gasteiger partial charge on any atom is 0.331 e. The second-order valence-corrected chi connectivity index (χ2v) is 8.64. The number of aromatic nitrogens is 3. The maximum absolute atomic E-state index is 13.4. The molecule has 1 aliphatic heterocycles. The summed E-state index contributed by atoms with van der Waals surface area (Å²) in [7, 11) is 3.23. The molecule has 0 bridgehead atoms. The van der Waals surface area contributed by atoms with Crippen LogP contribution in [0.1, 0.15) is 31.2 Å². The Morgan fingerprint density at radius 1 is 0.970 bits per heavy atom. The van der Waals surface area contributed by atoms with Gasteiger partial charge in [-0.3, -0.25) is 13.9 Å². The van der Waals surface area contributed by atoms with Crippen LogP contribution in [0.2, 0.25) is 0 Å². The molecule has 0 N–H and O–H groups in total. The number of rotatable bonds is 4. The van der Waals surface area contributed by atoms with Crippen molar-refractivity contribution in [1.29, 1.82) is 0 Å². The number of fused-ring (bicyclic) bond motifs is 3. The highest BCUT2D eigenvalue weighted by Gasteiger charge is 2.34. The van der Waals surface area contributed by atoms with E-state index in [1.807, 2.05) is 68.4 Å². The summed E-state index contributed by atoms with van der Waals surface area (Å²) in [6.07, 6.45) is -0.485. The van der Waals surface area contributed by atoms with Gasteiger partial charge in [0, 0.05) is 26.2 Å². The van der Waals surface area contributed by atoms with E-state index in [9.17, 15) is 9.59 Å². The van der Waals surface area contributed by atoms with Crippen LogP contribution in [0.25, 0.3) is 22.2 Å². The Kier molecular flexibility index (Phi) is 5.21. The van der Waals surface area contributed by atoms with Gasteiger partial charge in [0.25, 0.3) is 5.56 Å². The molecule has 0 spiro atoms. The smallest absolute Gasteiger partial charge is 0.331 e. The molecule has 7 heteroatoms. The van der Waals surface area contributed by atoms with Crippen LogP contribution in [0.15, 0.2) is 64.2 Å². The second-order valence-electron chi connectivity index (χ2n) is 8.64. The number of nitrogens with zero attached hydrogens (tertiary/aromatic N) is 3. The first-order chi connectivity index (χ1) is 15.9. The van der Waals surface area contributed by atoms with Gasteiger partial charge in [0.2, 0.25) is 0 Å². The number of hydrogen-bond donors (Lipinski definition) is 0. The maximum atomic E-state index is 13.4. The summed E-state index contributed by atoms with van der Waals surface area (Å²) in [4.78, 5) is 26.4. The highest BCUT2D eigenvalue weighted by molar-refractivity contribution is 5.96. The van der Waals surface area contributed by atoms with E-state index in [1.165, 1.54) is 11.6 Å². The van der Waals surface area contributed by atoms with E-state index in [-0.39, 0.29) is 17.4 Å². The monoisotopic (exact) mass is 445 g/mol. The molecular weight excluding hydrogens is 418 g/mol. The molecule has 5 rings (SSSR count). The summed E-state index contributed by atoms with van der Waals surface area (Å²) >= 11 is 0. The SMILES string of the molecule is CC(C)Oc1ccccc1[C@H]1OCCn2c(-c3ccccc3)c3c(=O)n(C)c(=O)n(C)c3c21. The minimum Gasteiger partial charge on any atom is -0.491 e. The van der Waals surface area contributed by atoms with E-state index in [0.717, 1.165) is 28.3 Å². The summed E-state index contributed by atoms with van der Waals surface area (Å²) < 4.78 is 17.3. The Bertz CT molecular complexity index is 1460. The third kappa shape index (κ3) is 3.31. The van der Waals surface area contributed by atoms with Crippen molar-refractivity contribution in [2.45, 2.75) is 32.6 Å². The fourth-order valence-corrected chi connectivity index (χ4v) is 4.77. The van der Waals surface area contributed by atoms with Crippen molar-refractivity contribution in [1.82, 2.24) is 13.7 Å². The van der Waals surface area contributed by atoms with E-state index in [4.69, 9.17) is 9.47 Å². The molecule has 1 aliphatic rings. The molecule has 0 radical (unpaired) electrons. The van der Waals surface area contributed by atoms with Crippen molar-refractivity contribution < 1.29 is 9.47 Å². The molecule has 7 nitrogen and oxygen atoms in total. The van der Waals surface area contributed by atoms with E-state index >= 15 is 0 Å². The van der Waals surface area contributed by atoms with Gasteiger partial charge in [0.05, 0.1) is 35.0 Å². The van der Waals surface area contributed by atoms with Gasteiger partial charge in [-0.05, 0) is 25.5 Å². The number of aryl methyl sites for hydroxylation is 1. The van der Waals surface area contributed by atoms with Crippen molar-refractivity contribution in [3.05, 3.63) is 86.7 Å². The highest BCUT2D eigenvalue weighted by Crippen LogP contribution is 2.42. The molecule has 0 saturated heterocycles. The molecule has 2 aromatic heterocycles. The molecule has 0 fully saturated rings. The Labute approximate surface area is 191 Å². The molecule has 3 heterocycles. The Balaban J connectivity index is 1.90. The van der Waals surface area contributed by atoms with Gasteiger partial charge in [-0.25, -0.2) is 4.79 Å². The lowest BCUT2D eigenvalue weighted by Crippen LogP contribution is -2.37. The Morgan fingerprint density at radius 3 is 2.39 bits per heavy atom. The van der Waals surface area contributed by atoms with Crippen molar-refractivity contribution in [2.75, 3.05) is 6.61 Å². The summed E-state index contributed by atoms with van der Waals surface area (Å²) in [5, 5.41) is 0.526. The van der Waals surface area contributed by atoms with Gasteiger partial charge in [-0.2, -0.15) is 0 Å². The Hall–Kier alpha value is -3.58. The highest BCUT2D eigenvalue weighted by atomic mass is 16.5. The van der Waals surface area contributed by atoms with Gasteiger partial charge in [0.1, 0.15) is 11.9 Å². The first-order valence-electron chi connectivity index (χ1n) is 11.1. The average Bonchev–Trinajstić information content (AvgIpc) is 3.17. The molecule has 0 aliphatic carbocycles. The third-order valence-corrected chi connectivity index (χ3v) is 6.16. The zero-order valence-electron chi connectivity index (χ0n) is 19.2. The van der Waals surface area contributed by atoms with Crippen LogP contribution in [-0.4, -0.2) is 26.4 Å². The van der Waals surface area contributed by atoms with Crippen molar-refractivity contribution in [2.24, 2.45) is 14.1 Å². The van der Waals surface area contributed by atoms with E-state index in [0.29, 0.717) is 24.1 Å². The van der Waals surface area contributed by atoms with Crippen LogP contribution < -0.4 is 16.0 Å². The zero-order valence-corrected chi connectivity index (χ0v) is 19.2. The van der Waals surface area contributed by atoms with Gasteiger partial charge in [-0.1, -0.05) is 48.5 Å². The molecule has 33 heavy (non-hydrogen) atoms. The minimum absolute atomic E-state index is 0.00482. The van der Waals surface area contributed by atoms with Crippen molar-refractivity contribution in [3.8, 4) is 17.0 Å². The molecule has 4 aromatic rings. The molecule has 0 amide bonds. The fraction of sp³-hybridized carbons (Fsp3) is 0.308. The van der Waals surface area contributed by atoms with Gasteiger partial charge >= 0.3 is 5.69 Å². The van der Waals surface area contributed by atoms with Crippen LogP contribution in [0, 0.1) is 0 Å². The van der Waals surface area contributed by atoms with Crippen molar-refractivity contribution >= 4 is 10.9 Å². The van der Waals surface area contributed by atoms with Crippen molar-refractivity contribution in [3.63, 3.8) is 0 Å². The number of ether oxygens (including phenoxy) is 2. The average molecular weight is 446 g/mol. The first kappa shape index (κ1) is 21.3. The predicted octanol–water partition coefficient (Wildman–Crippen LogP) is 3.61. The fourth-order valence-electron chi connectivity index (χ4n) is 4.77. The van der Waals surface area contributed by atoms with Crippen LogP contribution >= 0.6 is 0 Å². The molecule has 0 unspecified atom stereocenters. The molecule has 2 aromatic carbocycles. The van der Waals surface area contributed by atoms with Gasteiger partial charge in [0.15, 0.2) is 0 Å². The lowest BCUT2D eigenvalue weighted by atomic mass is 10.0. The number of hydrogen-bond acceptors (Lipinski definition) is 4. The number of para-hydroxylation sites is 1. The van der Waals surface area contributed by atoms with Crippen LogP contribution in [0.3, 0.4) is 0 Å². The number of benzene rings is 2. The Morgan fingerprint density at radius 2 is 1.67 bits per heavy atom. The van der Waals surface area contributed by atoms with Gasteiger partial charge < -0.3 is 14.0 Å². The standard InChI is InChI=1S/C26H27N3O4/c1-16(2)33-19-13-9-8-12-18(19)24-23-22-20(25(30)28(4)26(31)27(22)3)21(29(23)14-15-32-24)17-10-6-5-7-11-17/h5-13,16,24H,14-15H2,1-4H3/t24-/m1/s1. The summed E-state index contributed by atoms with van der Waals surface area (Å²) in [5.41, 5.74) is 3.34. The van der Waals surface area contributed by atoms with Crippen LogP contribution in [0.5, 0.6) is 5.75 Å². The van der Waals surface area contributed by atoms with E-state index in [1.54, 1.807) is 11.6 Å². The third-order valence-electron chi connectivity index (χ3n) is 6.16. The topological polar surface area (TPSA) is 67.4 Å². The quantitative estimate of drug-likeness (QED) is 0.481. The summed E-state index contributed by atoms with van der Waals surface area (Å²) in [6.45, 7) is 5.02. The zero-order chi connectivity index (χ0) is 23.3. The first-order valence-corrected chi connectivity index (χ1v) is 11.1. The predicted molar refractivity (Wildman–Crippen MR) is 128 cm³/mol. The molecule has 0 saturated carbocycles. The minimum atomic E-state index is -0.480. The van der Waals surface area contributed by atoms with E-state index in [2.05, 4.69) is 4.57 Å². The normalized spacial score (nSPS) is 15.7. The lowest BCUT2D eigenvalue weighted by molar-refractivity contribution is 0.0453. The molecule has 1 atom stereocenters. The van der Waals surface area contributed by atoms with Crippen LogP contribution in [0.4, 0.5) is 0 Å². The van der Waals surface area contributed by atoms with Gasteiger partial charge in [-0.15, -0.1) is 0 Å². The second kappa shape index (κ2) is 8.08. The largest absolute Gasteiger partial charge is 0.491 e. The molecule has 170 valence electrons. The lowest BCUT2D eigenvalue weighted by Gasteiger charge is -2.29. The van der Waals surface area contributed by atoms with E-state index < -0.39 is 6.10 Å². The van der Waals surface area contributed by atoms with Crippen LogP contribution in [-0.2, 0) is 25.4 Å². The molecular formula is C26H27N3O4.